The summed E-state index contributed by atoms with van der Waals surface area (Å²) in [5.41, 5.74) is -0.377. The van der Waals surface area contributed by atoms with Crippen LogP contribution in [0.2, 0.25) is 5.02 Å². The van der Waals surface area contributed by atoms with Gasteiger partial charge in [0.05, 0.1) is 15.9 Å². The molecule has 0 fully saturated rings. The van der Waals surface area contributed by atoms with Gasteiger partial charge in [-0.3, -0.25) is 14.9 Å². The van der Waals surface area contributed by atoms with Gasteiger partial charge in [0.25, 0.3) is 5.69 Å². The third-order valence-corrected chi connectivity index (χ3v) is 3.40. The fourth-order valence-electron chi connectivity index (χ4n) is 1.89. The van der Waals surface area contributed by atoms with E-state index in [1.165, 1.54) is 18.2 Å². The maximum atomic E-state index is 11.3. The number of carboxylic acid groups (broad SMARTS) is 1. The topological polar surface area (TPSA) is 80.4 Å². The summed E-state index contributed by atoms with van der Waals surface area (Å²) in [4.78, 5) is 21.8. The van der Waals surface area contributed by atoms with Crippen molar-refractivity contribution in [1.29, 1.82) is 0 Å². The molecule has 0 spiro atoms. The van der Waals surface area contributed by atoms with E-state index in [0.717, 1.165) is 0 Å². The first-order valence-corrected chi connectivity index (χ1v) is 6.17. The zero-order valence-electron chi connectivity index (χ0n) is 11.0. The zero-order valence-corrected chi connectivity index (χ0v) is 11.8. The Kier molecular flexibility index (Phi) is 4.52. The minimum Gasteiger partial charge on any atom is -0.481 e. The van der Waals surface area contributed by atoms with Gasteiger partial charge in [0, 0.05) is 11.6 Å². The molecule has 1 atom stereocenters. The summed E-state index contributed by atoms with van der Waals surface area (Å²) >= 11 is 5.97. The van der Waals surface area contributed by atoms with Crippen LogP contribution in [0, 0.1) is 21.4 Å². The van der Waals surface area contributed by atoms with Gasteiger partial charge in [-0.2, -0.15) is 0 Å². The monoisotopic (exact) mass is 285 g/mol. The lowest BCUT2D eigenvalue weighted by Crippen LogP contribution is -2.30. The number of hydrogen-bond acceptors (Lipinski definition) is 3. The number of halogens is 1. The first kappa shape index (κ1) is 15.4. The maximum Gasteiger partial charge on any atom is 0.307 e. The Morgan fingerprint density at radius 1 is 1.47 bits per heavy atom. The summed E-state index contributed by atoms with van der Waals surface area (Å²) in [6, 6.07) is 4.35. The van der Waals surface area contributed by atoms with Gasteiger partial charge in [-0.25, -0.2) is 0 Å². The number of carboxylic acids is 1. The highest BCUT2D eigenvalue weighted by Gasteiger charge is 2.34. The highest BCUT2D eigenvalue weighted by atomic mass is 35.5. The van der Waals surface area contributed by atoms with E-state index in [1.807, 2.05) is 0 Å². The lowest BCUT2D eigenvalue weighted by Gasteiger charge is -2.27. The van der Waals surface area contributed by atoms with Crippen molar-refractivity contribution in [3.05, 3.63) is 38.9 Å². The highest BCUT2D eigenvalue weighted by Crippen LogP contribution is 2.35. The van der Waals surface area contributed by atoms with Gasteiger partial charge >= 0.3 is 5.97 Å². The van der Waals surface area contributed by atoms with Crippen molar-refractivity contribution >= 4 is 23.3 Å². The van der Waals surface area contributed by atoms with Crippen molar-refractivity contribution in [1.82, 2.24) is 0 Å². The number of benzene rings is 1. The molecule has 5 nitrogen and oxygen atoms in total. The van der Waals surface area contributed by atoms with Gasteiger partial charge < -0.3 is 5.11 Å². The second-order valence-corrected chi connectivity index (χ2v) is 5.86. The maximum absolute atomic E-state index is 11.3. The van der Waals surface area contributed by atoms with Crippen LogP contribution in [-0.4, -0.2) is 16.0 Å². The fourth-order valence-corrected chi connectivity index (χ4v) is 2.14. The molecular formula is C13H16ClNO4. The predicted molar refractivity (Wildman–Crippen MR) is 72.4 cm³/mol. The third kappa shape index (κ3) is 3.67. The molecule has 1 N–H and O–H groups in total. The van der Waals surface area contributed by atoms with Crippen LogP contribution in [-0.2, 0) is 11.2 Å². The second-order valence-electron chi connectivity index (χ2n) is 5.46. The number of aliphatic carboxylic acids is 1. The Balaban J connectivity index is 3.24. The number of rotatable bonds is 4. The second kappa shape index (κ2) is 5.57. The molecule has 0 aromatic heterocycles. The Morgan fingerprint density at radius 2 is 2.05 bits per heavy atom. The first-order valence-electron chi connectivity index (χ1n) is 5.79. The normalized spacial score (nSPS) is 13.1. The largest absolute Gasteiger partial charge is 0.481 e. The quantitative estimate of drug-likeness (QED) is 0.678. The van der Waals surface area contributed by atoms with Crippen molar-refractivity contribution in [3.63, 3.8) is 0 Å². The zero-order chi connectivity index (χ0) is 14.8. The molecule has 0 heterocycles. The van der Waals surface area contributed by atoms with Gasteiger partial charge in [0.15, 0.2) is 0 Å². The molecule has 104 valence electrons. The summed E-state index contributed by atoms with van der Waals surface area (Å²) in [6.45, 7) is 5.36. The SMILES string of the molecule is CC(C)(C)C(Cc1c(Cl)cccc1[N+](=O)[O-])C(=O)O. The Morgan fingerprint density at radius 3 is 2.47 bits per heavy atom. The molecule has 1 aromatic rings. The lowest BCUT2D eigenvalue weighted by molar-refractivity contribution is -0.385. The molecule has 0 amide bonds. The van der Waals surface area contributed by atoms with Crippen molar-refractivity contribution in [3.8, 4) is 0 Å². The molecule has 0 aliphatic heterocycles. The van der Waals surface area contributed by atoms with E-state index in [-0.39, 0.29) is 22.7 Å². The molecule has 1 rings (SSSR count). The van der Waals surface area contributed by atoms with Gasteiger partial charge in [-0.15, -0.1) is 0 Å². The summed E-state index contributed by atoms with van der Waals surface area (Å²) in [5.74, 6) is -1.73. The Hall–Kier alpha value is -1.62. The minimum atomic E-state index is -0.985. The van der Waals surface area contributed by atoms with E-state index in [0.29, 0.717) is 0 Å². The molecule has 0 aliphatic rings. The van der Waals surface area contributed by atoms with Crippen LogP contribution in [0.5, 0.6) is 0 Å². The van der Waals surface area contributed by atoms with E-state index < -0.39 is 22.2 Å². The average Bonchev–Trinajstić information content (AvgIpc) is 2.24. The summed E-state index contributed by atoms with van der Waals surface area (Å²) in [6.07, 6.45) is 0.0365. The van der Waals surface area contributed by atoms with Gasteiger partial charge in [0.1, 0.15) is 0 Å². The van der Waals surface area contributed by atoms with E-state index in [4.69, 9.17) is 11.6 Å². The van der Waals surface area contributed by atoms with Crippen LogP contribution in [0.1, 0.15) is 26.3 Å². The van der Waals surface area contributed by atoms with Crippen LogP contribution in [0.25, 0.3) is 0 Å². The Bertz CT molecular complexity index is 508. The van der Waals surface area contributed by atoms with E-state index in [1.54, 1.807) is 20.8 Å². The minimum absolute atomic E-state index is 0.0365. The average molecular weight is 286 g/mol. The number of nitro groups is 1. The van der Waals surface area contributed by atoms with Gasteiger partial charge in [0.2, 0.25) is 0 Å². The van der Waals surface area contributed by atoms with Crippen LogP contribution in [0.4, 0.5) is 5.69 Å². The molecule has 1 unspecified atom stereocenters. The summed E-state index contributed by atoms with van der Waals surface area (Å²) in [7, 11) is 0. The van der Waals surface area contributed by atoms with Crippen LogP contribution in [0.3, 0.4) is 0 Å². The molecule has 19 heavy (non-hydrogen) atoms. The van der Waals surface area contributed by atoms with Crippen molar-refractivity contribution in [2.24, 2.45) is 11.3 Å². The van der Waals surface area contributed by atoms with E-state index >= 15 is 0 Å². The number of nitro benzene ring substituents is 1. The molecule has 1 aromatic carbocycles. The summed E-state index contributed by atoms with van der Waals surface area (Å²) in [5, 5.41) is 20.5. The lowest BCUT2D eigenvalue weighted by atomic mass is 9.77. The molecule has 0 saturated carbocycles. The first-order chi connectivity index (χ1) is 8.64. The smallest absolute Gasteiger partial charge is 0.307 e. The number of hydrogen-bond donors (Lipinski definition) is 1. The molecule has 0 radical (unpaired) electrons. The van der Waals surface area contributed by atoms with Gasteiger partial charge in [-0.1, -0.05) is 38.4 Å². The molecular weight excluding hydrogens is 270 g/mol. The van der Waals surface area contributed by atoms with Gasteiger partial charge in [-0.05, 0) is 17.9 Å². The van der Waals surface area contributed by atoms with Crippen molar-refractivity contribution in [2.45, 2.75) is 27.2 Å². The molecule has 6 heteroatoms. The highest BCUT2D eigenvalue weighted by molar-refractivity contribution is 6.31. The van der Waals surface area contributed by atoms with Crippen LogP contribution < -0.4 is 0 Å². The van der Waals surface area contributed by atoms with Crippen molar-refractivity contribution < 1.29 is 14.8 Å². The number of nitrogens with zero attached hydrogens (tertiary/aromatic N) is 1. The molecule has 0 saturated heterocycles. The molecule has 0 bridgehead atoms. The van der Waals surface area contributed by atoms with E-state index in [9.17, 15) is 20.0 Å². The standard InChI is InChI=1S/C13H16ClNO4/c1-13(2,3)9(12(16)17)7-8-10(14)5-4-6-11(8)15(18)19/h4-6,9H,7H2,1-3H3,(H,16,17). The van der Waals surface area contributed by atoms with E-state index in [2.05, 4.69) is 0 Å². The number of carbonyl (C=O) groups is 1. The van der Waals surface area contributed by atoms with Crippen LogP contribution >= 0.6 is 11.6 Å². The third-order valence-electron chi connectivity index (χ3n) is 3.04. The molecule has 0 aliphatic carbocycles. The Labute approximate surface area is 116 Å². The fraction of sp³-hybridized carbons (Fsp3) is 0.462. The predicted octanol–water partition coefficient (Wildman–Crippen LogP) is 3.54. The van der Waals surface area contributed by atoms with Crippen molar-refractivity contribution in [2.75, 3.05) is 0 Å². The van der Waals surface area contributed by atoms with Crippen LogP contribution in [0.15, 0.2) is 18.2 Å². The summed E-state index contributed by atoms with van der Waals surface area (Å²) < 4.78 is 0.